The normalized spacial score (nSPS) is 23.4. The Morgan fingerprint density at radius 1 is 1.02 bits per heavy atom. The fourth-order valence-electron chi connectivity index (χ4n) is 5.80. The van der Waals surface area contributed by atoms with Crippen molar-refractivity contribution in [1.29, 1.82) is 0 Å². The minimum atomic E-state index is -4.41. The second-order valence-corrected chi connectivity index (χ2v) is 10.9. The molecule has 0 bridgehead atoms. The van der Waals surface area contributed by atoms with Gasteiger partial charge in [-0.3, -0.25) is 9.78 Å². The molecule has 0 unspecified atom stereocenters. The standard InChI is InChI=1S/C30H33F3N4O3/c31-30(32,33)25-4-1-3-23(16-25)19-40-20-27(38)37-14-9-22(18-37)15-21-7-10-29(39,11-8-21)26-6-5-24(17-36-26)28-34-12-2-13-35-28/h1-6,12-13,16-17,21-22,39H,7-11,14-15,18-20H2/t21?,22-,29?/m1/s1. The van der Waals surface area contributed by atoms with E-state index in [1.807, 2.05) is 12.1 Å². The number of amides is 1. The number of benzene rings is 1. The Morgan fingerprint density at radius 3 is 2.50 bits per heavy atom. The molecule has 3 aromatic rings. The van der Waals surface area contributed by atoms with E-state index in [0.717, 1.165) is 43.4 Å². The van der Waals surface area contributed by atoms with E-state index in [1.165, 1.54) is 6.07 Å². The molecule has 1 N–H and O–H groups in total. The van der Waals surface area contributed by atoms with Crippen LogP contribution in [0.1, 0.15) is 55.3 Å². The van der Waals surface area contributed by atoms with Crippen LogP contribution in [0.3, 0.4) is 0 Å². The smallest absolute Gasteiger partial charge is 0.384 e. The molecule has 40 heavy (non-hydrogen) atoms. The van der Waals surface area contributed by atoms with Gasteiger partial charge in [0, 0.05) is 37.2 Å². The molecule has 2 fully saturated rings. The summed E-state index contributed by atoms with van der Waals surface area (Å²) in [7, 11) is 0. The van der Waals surface area contributed by atoms with Crippen LogP contribution < -0.4 is 0 Å². The van der Waals surface area contributed by atoms with Crippen molar-refractivity contribution in [3.63, 3.8) is 0 Å². The van der Waals surface area contributed by atoms with Gasteiger partial charge >= 0.3 is 6.18 Å². The zero-order valence-electron chi connectivity index (χ0n) is 22.2. The predicted octanol–water partition coefficient (Wildman–Crippen LogP) is 5.39. The lowest BCUT2D eigenvalue weighted by Crippen LogP contribution is -2.34. The molecular weight excluding hydrogens is 521 g/mol. The van der Waals surface area contributed by atoms with Gasteiger partial charge in [-0.15, -0.1) is 0 Å². The number of pyridine rings is 1. The van der Waals surface area contributed by atoms with Crippen molar-refractivity contribution in [2.75, 3.05) is 19.7 Å². The second kappa shape index (κ2) is 12.0. The van der Waals surface area contributed by atoms with E-state index in [0.29, 0.717) is 54.8 Å². The van der Waals surface area contributed by atoms with E-state index in [2.05, 4.69) is 15.0 Å². The summed E-state index contributed by atoms with van der Waals surface area (Å²) < 4.78 is 44.1. The molecule has 0 spiro atoms. The Labute approximate surface area is 231 Å². The summed E-state index contributed by atoms with van der Waals surface area (Å²) in [5.74, 6) is 1.34. The minimum Gasteiger partial charge on any atom is -0.384 e. The third-order valence-electron chi connectivity index (χ3n) is 8.05. The zero-order valence-corrected chi connectivity index (χ0v) is 22.2. The number of alkyl halides is 3. The molecule has 1 saturated heterocycles. The van der Waals surface area contributed by atoms with Gasteiger partial charge in [-0.1, -0.05) is 12.1 Å². The molecule has 1 amide bonds. The Hall–Kier alpha value is -3.37. The van der Waals surface area contributed by atoms with Gasteiger partial charge in [-0.25, -0.2) is 9.97 Å². The number of halogens is 3. The Kier molecular flexibility index (Phi) is 8.46. The average Bonchev–Trinajstić information content (AvgIpc) is 3.43. The van der Waals surface area contributed by atoms with Crippen molar-refractivity contribution >= 4 is 5.91 Å². The maximum atomic E-state index is 12.9. The van der Waals surface area contributed by atoms with Gasteiger partial charge in [0.25, 0.3) is 0 Å². The molecule has 7 nitrogen and oxygen atoms in total. The number of hydrogen-bond acceptors (Lipinski definition) is 6. The summed E-state index contributed by atoms with van der Waals surface area (Å²) in [5.41, 5.74) is 0.198. The fraction of sp³-hybridized carbons (Fsp3) is 0.467. The van der Waals surface area contributed by atoms with Gasteiger partial charge in [0.1, 0.15) is 12.2 Å². The first-order valence-electron chi connectivity index (χ1n) is 13.7. The second-order valence-electron chi connectivity index (χ2n) is 10.9. The number of aromatic nitrogens is 3. The molecule has 1 aliphatic heterocycles. The molecule has 10 heteroatoms. The zero-order chi connectivity index (χ0) is 28.2. The van der Waals surface area contributed by atoms with Gasteiger partial charge in [0.15, 0.2) is 5.82 Å². The SMILES string of the molecule is O=C(COCc1cccc(C(F)(F)F)c1)N1CC[C@H](CC2CCC(O)(c3ccc(-c4ncccn4)cn3)CC2)C1. The highest BCUT2D eigenvalue weighted by Gasteiger charge is 2.37. The Balaban J connectivity index is 1.05. The van der Waals surface area contributed by atoms with Crippen molar-refractivity contribution in [3.05, 3.63) is 77.9 Å². The van der Waals surface area contributed by atoms with E-state index in [-0.39, 0.29) is 19.1 Å². The Morgan fingerprint density at radius 2 is 1.80 bits per heavy atom. The predicted molar refractivity (Wildman–Crippen MR) is 142 cm³/mol. The average molecular weight is 555 g/mol. The van der Waals surface area contributed by atoms with Gasteiger partial charge in [-0.2, -0.15) is 13.2 Å². The maximum absolute atomic E-state index is 12.9. The van der Waals surface area contributed by atoms with Crippen LogP contribution in [-0.2, 0) is 27.9 Å². The van der Waals surface area contributed by atoms with E-state index < -0.39 is 17.3 Å². The lowest BCUT2D eigenvalue weighted by Gasteiger charge is -2.36. The number of carbonyl (C=O) groups is 1. The number of likely N-dealkylation sites (tertiary alicyclic amines) is 1. The molecule has 5 rings (SSSR count). The molecule has 0 radical (unpaired) electrons. The summed E-state index contributed by atoms with van der Waals surface area (Å²) in [6.07, 6.45) is 5.67. The molecule has 212 valence electrons. The topological polar surface area (TPSA) is 88.4 Å². The molecular formula is C30H33F3N4O3. The molecule has 1 aliphatic carbocycles. The van der Waals surface area contributed by atoms with Gasteiger partial charge < -0.3 is 14.7 Å². The number of carbonyl (C=O) groups excluding carboxylic acids is 1. The van der Waals surface area contributed by atoms with Crippen LogP contribution in [0.5, 0.6) is 0 Å². The number of aliphatic hydroxyl groups is 1. The van der Waals surface area contributed by atoms with Gasteiger partial charge in [0.2, 0.25) is 5.91 Å². The number of ether oxygens (including phenoxy) is 1. The summed E-state index contributed by atoms with van der Waals surface area (Å²) >= 11 is 0. The van der Waals surface area contributed by atoms with Crippen molar-refractivity contribution in [2.45, 2.75) is 56.9 Å². The van der Waals surface area contributed by atoms with Gasteiger partial charge in [0.05, 0.1) is 17.9 Å². The number of nitrogens with zero attached hydrogens (tertiary/aromatic N) is 4. The van der Waals surface area contributed by atoms with E-state index in [4.69, 9.17) is 4.74 Å². The fourth-order valence-corrected chi connectivity index (χ4v) is 5.80. The molecule has 2 aromatic heterocycles. The monoisotopic (exact) mass is 554 g/mol. The summed E-state index contributed by atoms with van der Waals surface area (Å²) in [4.78, 5) is 27.4. The van der Waals surface area contributed by atoms with Crippen LogP contribution in [0.4, 0.5) is 13.2 Å². The maximum Gasteiger partial charge on any atom is 0.416 e. The van der Waals surface area contributed by atoms with Crippen LogP contribution in [-0.4, -0.2) is 50.6 Å². The lowest BCUT2D eigenvalue weighted by atomic mass is 9.74. The summed E-state index contributed by atoms with van der Waals surface area (Å²) in [6.45, 7) is 1.13. The minimum absolute atomic E-state index is 0.0461. The van der Waals surface area contributed by atoms with Gasteiger partial charge in [-0.05, 0) is 86.3 Å². The highest BCUT2D eigenvalue weighted by atomic mass is 19.4. The highest BCUT2D eigenvalue weighted by molar-refractivity contribution is 5.77. The first-order chi connectivity index (χ1) is 19.2. The molecule has 1 atom stereocenters. The van der Waals surface area contributed by atoms with Crippen molar-refractivity contribution < 1.29 is 27.8 Å². The van der Waals surface area contributed by atoms with E-state index in [9.17, 15) is 23.1 Å². The van der Waals surface area contributed by atoms with Crippen LogP contribution >= 0.6 is 0 Å². The first-order valence-corrected chi connectivity index (χ1v) is 13.7. The quantitative estimate of drug-likeness (QED) is 0.402. The Bertz CT molecular complexity index is 1280. The van der Waals surface area contributed by atoms with Crippen LogP contribution in [0, 0.1) is 11.8 Å². The molecule has 2 aliphatic rings. The van der Waals surface area contributed by atoms with Crippen LogP contribution in [0.25, 0.3) is 11.4 Å². The van der Waals surface area contributed by atoms with Crippen molar-refractivity contribution in [2.24, 2.45) is 11.8 Å². The van der Waals surface area contributed by atoms with Crippen LogP contribution in [0.15, 0.2) is 61.1 Å². The summed E-state index contributed by atoms with van der Waals surface area (Å²) in [6, 6.07) is 10.5. The lowest BCUT2D eigenvalue weighted by molar-refractivity contribution is -0.138. The van der Waals surface area contributed by atoms with E-state index >= 15 is 0 Å². The van der Waals surface area contributed by atoms with E-state index in [1.54, 1.807) is 35.6 Å². The molecule has 1 saturated carbocycles. The largest absolute Gasteiger partial charge is 0.416 e. The first kappa shape index (κ1) is 28.2. The molecule has 3 heterocycles. The third-order valence-corrected chi connectivity index (χ3v) is 8.05. The number of rotatable bonds is 8. The third kappa shape index (κ3) is 6.85. The summed E-state index contributed by atoms with van der Waals surface area (Å²) in [5, 5.41) is 11.3. The highest BCUT2D eigenvalue weighted by Crippen LogP contribution is 2.42. The van der Waals surface area contributed by atoms with Crippen LogP contribution in [0.2, 0.25) is 0 Å². The number of hydrogen-bond donors (Lipinski definition) is 1. The van der Waals surface area contributed by atoms with Crippen molar-refractivity contribution in [3.8, 4) is 11.4 Å². The molecule has 1 aromatic carbocycles. The van der Waals surface area contributed by atoms with Crippen molar-refractivity contribution in [1.82, 2.24) is 19.9 Å².